The lowest BCUT2D eigenvalue weighted by Crippen LogP contribution is -2.52. The van der Waals surface area contributed by atoms with Gasteiger partial charge in [-0.15, -0.1) is 0 Å². The molecule has 1 N–H and O–H groups in total. The van der Waals surface area contributed by atoms with Crippen molar-refractivity contribution in [2.24, 2.45) is 0 Å². The maximum atomic E-state index is 5.96. The van der Waals surface area contributed by atoms with Crippen LogP contribution in [0, 0.1) is 0 Å². The molecule has 1 aromatic rings. The van der Waals surface area contributed by atoms with Crippen molar-refractivity contribution in [1.82, 2.24) is 10.2 Å². The van der Waals surface area contributed by atoms with Crippen molar-refractivity contribution in [2.45, 2.75) is 50.8 Å². The summed E-state index contributed by atoms with van der Waals surface area (Å²) in [6, 6.07) is 9.82. The summed E-state index contributed by atoms with van der Waals surface area (Å²) in [5.74, 6) is 0. The Hall–Kier alpha value is -0.900. The standard InChI is InChI=1S/C18H28N2O/c1-19-11-10-15-6-8-16(9-7-15)14-20-12-13-21-18-5-3-2-4-17(18)20/h6-9,17-19H,2-5,10-14H2,1H3. The number of benzene rings is 1. The van der Waals surface area contributed by atoms with E-state index in [4.69, 9.17) is 4.74 Å². The van der Waals surface area contributed by atoms with Gasteiger partial charge in [-0.2, -0.15) is 0 Å². The Labute approximate surface area is 128 Å². The maximum absolute atomic E-state index is 5.96. The van der Waals surface area contributed by atoms with Crippen LogP contribution in [0.25, 0.3) is 0 Å². The fourth-order valence-corrected chi connectivity index (χ4v) is 3.69. The molecule has 0 aromatic heterocycles. The number of morpholine rings is 1. The second-order valence-corrected chi connectivity index (χ2v) is 6.40. The van der Waals surface area contributed by atoms with E-state index in [2.05, 4.69) is 34.5 Å². The summed E-state index contributed by atoms with van der Waals surface area (Å²) in [5.41, 5.74) is 2.86. The molecule has 2 atom stereocenters. The Morgan fingerprint density at radius 1 is 1.14 bits per heavy atom. The van der Waals surface area contributed by atoms with E-state index < -0.39 is 0 Å². The summed E-state index contributed by atoms with van der Waals surface area (Å²) in [5, 5.41) is 3.21. The normalized spacial score (nSPS) is 26.5. The first-order chi connectivity index (χ1) is 10.4. The van der Waals surface area contributed by atoms with Crippen molar-refractivity contribution in [3.05, 3.63) is 35.4 Å². The first kappa shape index (κ1) is 15.0. The molecule has 3 rings (SSSR count). The molecule has 0 amide bonds. The molecule has 0 spiro atoms. The van der Waals surface area contributed by atoms with E-state index in [9.17, 15) is 0 Å². The fourth-order valence-electron chi connectivity index (χ4n) is 3.69. The molecule has 116 valence electrons. The summed E-state index contributed by atoms with van der Waals surface area (Å²) in [7, 11) is 2.01. The zero-order valence-electron chi connectivity index (χ0n) is 13.2. The Morgan fingerprint density at radius 3 is 2.71 bits per heavy atom. The molecule has 21 heavy (non-hydrogen) atoms. The van der Waals surface area contributed by atoms with Crippen LogP contribution in [0.15, 0.2) is 24.3 Å². The second kappa shape index (κ2) is 7.39. The molecule has 0 bridgehead atoms. The molecule has 3 heteroatoms. The molecule has 1 saturated heterocycles. The molecule has 1 heterocycles. The van der Waals surface area contributed by atoms with Crippen molar-refractivity contribution in [3.8, 4) is 0 Å². The van der Waals surface area contributed by atoms with E-state index >= 15 is 0 Å². The van der Waals surface area contributed by atoms with Crippen molar-refractivity contribution in [3.63, 3.8) is 0 Å². The van der Waals surface area contributed by atoms with Crippen LogP contribution >= 0.6 is 0 Å². The number of nitrogens with one attached hydrogen (secondary N) is 1. The van der Waals surface area contributed by atoms with Gasteiger partial charge < -0.3 is 10.1 Å². The zero-order valence-corrected chi connectivity index (χ0v) is 13.2. The summed E-state index contributed by atoms with van der Waals surface area (Å²) < 4.78 is 5.96. The lowest BCUT2D eigenvalue weighted by molar-refractivity contribution is -0.0911. The monoisotopic (exact) mass is 288 g/mol. The van der Waals surface area contributed by atoms with Crippen LogP contribution in [-0.2, 0) is 17.7 Å². The van der Waals surface area contributed by atoms with Crippen LogP contribution in [-0.4, -0.2) is 43.8 Å². The van der Waals surface area contributed by atoms with Crippen LogP contribution in [0.1, 0.15) is 36.8 Å². The lowest BCUT2D eigenvalue weighted by Gasteiger charge is -2.43. The number of ether oxygens (including phenoxy) is 1. The Morgan fingerprint density at radius 2 is 1.90 bits per heavy atom. The molecule has 1 aliphatic carbocycles. The van der Waals surface area contributed by atoms with E-state index in [-0.39, 0.29) is 0 Å². The first-order valence-electron chi connectivity index (χ1n) is 8.45. The van der Waals surface area contributed by atoms with Crippen molar-refractivity contribution in [1.29, 1.82) is 0 Å². The molecule has 1 aromatic carbocycles. The van der Waals surface area contributed by atoms with Gasteiger partial charge in [-0.1, -0.05) is 37.1 Å². The van der Waals surface area contributed by atoms with Gasteiger partial charge in [0, 0.05) is 19.1 Å². The third-order valence-corrected chi connectivity index (χ3v) is 4.92. The van der Waals surface area contributed by atoms with Gasteiger partial charge in [-0.05, 0) is 44.0 Å². The second-order valence-electron chi connectivity index (χ2n) is 6.40. The quantitative estimate of drug-likeness (QED) is 0.901. The molecule has 0 radical (unpaired) electrons. The lowest BCUT2D eigenvalue weighted by atomic mass is 9.90. The van der Waals surface area contributed by atoms with E-state index in [1.807, 2.05) is 7.05 Å². The number of nitrogens with zero attached hydrogens (tertiary/aromatic N) is 1. The molecular weight excluding hydrogens is 260 g/mol. The van der Waals surface area contributed by atoms with E-state index in [1.165, 1.54) is 36.8 Å². The Bertz CT molecular complexity index is 429. The number of fused-ring (bicyclic) bond motifs is 1. The predicted octanol–water partition coefficient (Wildman–Crippen LogP) is 2.59. The molecule has 1 aliphatic heterocycles. The highest BCUT2D eigenvalue weighted by Crippen LogP contribution is 2.29. The molecule has 3 nitrogen and oxygen atoms in total. The van der Waals surface area contributed by atoms with Crippen LogP contribution in [0.3, 0.4) is 0 Å². The van der Waals surface area contributed by atoms with Crippen molar-refractivity contribution < 1.29 is 4.74 Å². The van der Waals surface area contributed by atoms with E-state index in [0.717, 1.165) is 32.7 Å². The van der Waals surface area contributed by atoms with Gasteiger partial charge >= 0.3 is 0 Å². The highest BCUT2D eigenvalue weighted by Gasteiger charge is 2.33. The minimum Gasteiger partial charge on any atom is -0.375 e. The van der Waals surface area contributed by atoms with Gasteiger partial charge in [0.1, 0.15) is 0 Å². The fraction of sp³-hybridized carbons (Fsp3) is 0.667. The largest absolute Gasteiger partial charge is 0.375 e. The average Bonchev–Trinajstić information content (AvgIpc) is 2.55. The number of likely N-dealkylation sites (N-methyl/N-ethyl adjacent to an activating group) is 1. The topological polar surface area (TPSA) is 24.5 Å². The number of hydrogen-bond donors (Lipinski definition) is 1. The van der Waals surface area contributed by atoms with Crippen LogP contribution < -0.4 is 5.32 Å². The Balaban J connectivity index is 1.59. The maximum Gasteiger partial charge on any atom is 0.0731 e. The zero-order chi connectivity index (χ0) is 14.5. The highest BCUT2D eigenvalue weighted by atomic mass is 16.5. The number of hydrogen-bond acceptors (Lipinski definition) is 3. The van der Waals surface area contributed by atoms with E-state index in [0.29, 0.717) is 12.1 Å². The third kappa shape index (κ3) is 3.85. The van der Waals surface area contributed by atoms with Gasteiger partial charge in [-0.3, -0.25) is 4.90 Å². The molecule has 2 aliphatic rings. The van der Waals surface area contributed by atoms with Gasteiger partial charge in [-0.25, -0.2) is 0 Å². The van der Waals surface area contributed by atoms with Crippen molar-refractivity contribution >= 4 is 0 Å². The molecule has 1 saturated carbocycles. The molecule has 2 fully saturated rings. The third-order valence-electron chi connectivity index (χ3n) is 4.92. The van der Waals surface area contributed by atoms with Gasteiger partial charge in [0.25, 0.3) is 0 Å². The SMILES string of the molecule is CNCCc1ccc(CN2CCOC3CCCCC32)cc1. The summed E-state index contributed by atoms with van der Waals surface area (Å²) in [6.45, 7) is 4.12. The smallest absolute Gasteiger partial charge is 0.0731 e. The Kier molecular flexibility index (Phi) is 5.28. The summed E-state index contributed by atoms with van der Waals surface area (Å²) in [4.78, 5) is 2.65. The minimum absolute atomic E-state index is 0.488. The average molecular weight is 288 g/mol. The van der Waals surface area contributed by atoms with Crippen molar-refractivity contribution in [2.75, 3.05) is 26.7 Å². The van der Waals surface area contributed by atoms with Crippen LogP contribution in [0.5, 0.6) is 0 Å². The van der Waals surface area contributed by atoms with Crippen LogP contribution in [0.2, 0.25) is 0 Å². The van der Waals surface area contributed by atoms with Gasteiger partial charge in [0.05, 0.1) is 12.7 Å². The first-order valence-corrected chi connectivity index (χ1v) is 8.45. The van der Waals surface area contributed by atoms with Gasteiger partial charge in [0.15, 0.2) is 0 Å². The predicted molar refractivity (Wildman–Crippen MR) is 86.5 cm³/mol. The molecular formula is C18H28N2O. The van der Waals surface area contributed by atoms with E-state index in [1.54, 1.807) is 0 Å². The highest BCUT2D eigenvalue weighted by molar-refractivity contribution is 5.23. The summed E-state index contributed by atoms with van der Waals surface area (Å²) in [6.07, 6.45) is 6.87. The molecule has 2 unspecified atom stereocenters. The van der Waals surface area contributed by atoms with Crippen LogP contribution in [0.4, 0.5) is 0 Å². The minimum atomic E-state index is 0.488. The number of rotatable bonds is 5. The summed E-state index contributed by atoms with van der Waals surface area (Å²) >= 11 is 0. The van der Waals surface area contributed by atoms with Gasteiger partial charge in [0.2, 0.25) is 0 Å².